The van der Waals surface area contributed by atoms with Gasteiger partial charge in [-0.1, -0.05) is 44.2 Å². The summed E-state index contributed by atoms with van der Waals surface area (Å²) in [4.78, 5) is 0. The van der Waals surface area contributed by atoms with E-state index in [-0.39, 0.29) is 5.41 Å². The van der Waals surface area contributed by atoms with E-state index >= 15 is 0 Å². The third-order valence-electron chi connectivity index (χ3n) is 4.21. The van der Waals surface area contributed by atoms with Gasteiger partial charge >= 0.3 is 7.12 Å². The Labute approximate surface area is 140 Å². The van der Waals surface area contributed by atoms with Crippen LogP contribution >= 0.6 is 0 Å². The molecule has 2 unspecified atom stereocenters. The van der Waals surface area contributed by atoms with Crippen LogP contribution in [0.5, 0.6) is 0 Å². The summed E-state index contributed by atoms with van der Waals surface area (Å²) in [6, 6.07) is 8.64. The lowest BCUT2D eigenvalue weighted by Crippen LogP contribution is -2.47. The number of alkyl halides is 1. The highest BCUT2D eigenvalue weighted by molar-refractivity contribution is 6.61. The molecule has 1 fully saturated rings. The lowest BCUT2D eigenvalue weighted by Gasteiger charge is -2.33. The number of benzene rings is 1. The molecule has 0 amide bonds. The van der Waals surface area contributed by atoms with Crippen molar-refractivity contribution in [2.45, 2.75) is 25.4 Å². The molecular formula is C18H18BF2NO2. The number of nitriles is 1. The van der Waals surface area contributed by atoms with Crippen LogP contribution in [0.25, 0.3) is 0 Å². The third-order valence-corrected chi connectivity index (χ3v) is 4.21. The first-order valence-corrected chi connectivity index (χ1v) is 7.83. The van der Waals surface area contributed by atoms with Gasteiger partial charge in [-0.2, -0.15) is 5.26 Å². The van der Waals surface area contributed by atoms with Crippen LogP contribution in [0.3, 0.4) is 0 Å². The van der Waals surface area contributed by atoms with Crippen molar-refractivity contribution < 1.29 is 18.1 Å². The highest BCUT2D eigenvalue weighted by Gasteiger charge is 2.40. The topological polar surface area (TPSA) is 42.2 Å². The Balaban J connectivity index is 1.86. The van der Waals surface area contributed by atoms with E-state index in [9.17, 15) is 8.78 Å². The van der Waals surface area contributed by atoms with Gasteiger partial charge in [0, 0.05) is 24.7 Å². The van der Waals surface area contributed by atoms with Gasteiger partial charge in [0.05, 0.1) is 5.92 Å². The Morgan fingerprint density at radius 1 is 1.29 bits per heavy atom. The lowest BCUT2D eigenvalue weighted by molar-refractivity contribution is 0.0343. The van der Waals surface area contributed by atoms with E-state index in [0.29, 0.717) is 18.8 Å². The summed E-state index contributed by atoms with van der Waals surface area (Å²) in [6.07, 6.45) is 3.28. The first-order valence-electron chi connectivity index (χ1n) is 7.83. The smallest absolute Gasteiger partial charge is 0.407 e. The van der Waals surface area contributed by atoms with Crippen molar-refractivity contribution in [3.8, 4) is 6.07 Å². The zero-order chi connectivity index (χ0) is 17.4. The molecule has 24 heavy (non-hydrogen) atoms. The molecule has 0 spiro atoms. The van der Waals surface area contributed by atoms with E-state index in [4.69, 9.17) is 14.6 Å². The van der Waals surface area contributed by atoms with E-state index in [0.717, 1.165) is 11.5 Å². The summed E-state index contributed by atoms with van der Waals surface area (Å²) in [6.45, 7) is 5.23. The number of nitrogens with zero attached hydrogens (tertiary/aromatic N) is 1. The fraction of sp³-hybridized carbons (Fsp3) is 0.389. The fourth-order valence-corrected chi connectivity index (χ4v) is 2.91. The molecule has 2 aliphatic rings. The van der Waals surface area contributed by atoms with Crippen LogP contribution in [-0.4, -0.2) is 26.0 Å². The fourth-order valence-electron chi connectivity index (χ4n) is 2.91. The quantitative estimate of drug-likeness (QED) is 0.783. The van der Waals surface area contributed by atoms with Gasteiger partial charge in [-0.05, 0) is 17.1 Å². The van der Waals surface area contributed by atoms with Crippen molar-refractivity contribution in [1.82, 2.24) is 0 Å². The van der Waals surface area contributed by atoms with Gasteiger partial charge in [-0.15, -0.1) is 0 Å². The second-order valence-electron chi connectivity index (χ2n) is 7.03. The Hall–Kier alpha value is -1.97. The van der Waals surface area contributed by atoms with Crippen LogP contribution in [0.4, 0.5) is 8.78 Å². The van der Waals surface area contributed by atoms with Crippen molar-refractivity contribution >= 4 is 12.6 Å². The molecule has 0 N–H and O–H groups in total. The molecule has 0 radical (unpaired) electrons. The monoisotopic (exact) mass is 329 g/mol. The maximum absolute atomic E-state index is 14.8. The largest absolute Gasteiger partial charge is 0.493 e. The van der Waals surface area contributed by atoms with Gasteiger partial charge in [-0.25, -0.2) is 8.78 Å². The van der Waals surface area contributed by atoms with Crippen LogP contribution in [0.15, 0.2) is 48.3 Å². The summed E-state index contributed by atoms with van der Waals surface area (Å²) in [5.41, 5.74) is -1.12. The van der Waals surface area contributed by atoms with E-state index in [1.165, 1.54) is 12.2 Å². The summed E-state index contributed by atoms with van der Waals surface area (Å²) in [5, 5.41) is 9.16. The molecule has 3 rings (SSSR count). The van der Waals surface area contributed by atoms with Crippen molar-refractivity contribution in [1.29, 1.82) is 5.26 Å². The van der Waals surface area contributed by atoms with Crippen molar-refractivity contribution in [2.75, 3.05) is 13.2 Å². The van der Waals surface area contributed by atoms with E-state index < -0.39 is 24.5 Å². The Kier molecular flexibility index (Phi) is 4.33. The second-order valence-corrected chi connectivity index (χ2v) is 7.03. The molecule has 124 valence electrons. The van der Waals surface area contributed by atoms with Gasteiger partial charge in [0.2, 0.25) is 5.67 Å². The minimum atomic E-state index is -2.41. The number of halogens is 2. The highest BCUT2D eigenvalue weighted by Crippen LogP contribution is 2.38. The molecule has 1 aromatic carbocycles. The SMILES string of the molecule is CC1(C)COB(c2cccc(C3C=CC(F)=CC3(F)C#N)c2)OC1. The van der Waals surface area contributed by atoms with Crippen molar-refractivity contribution in [3.05, 3.63) is 53.9 Å². The predicted octanol–water partition coefficient (Wildman–Crippen LogP) is 3.19. The molecule has 1 aliphatic heterocycles. The minimum absolute atomic E-state index is 0.0442. The molecule has 0 aromatic heterocycles. The maximum atomic E-state index is 14.8. The number of hydrogen-bond acceptors (Lipinski definition) is 3. The van der Waals surface area contributed by atoms with E-state index in [1.807, 2.05) is 6.07 Å². The van der Waals surface area contributed by atoms with Crippen LogP contribution < -0.4 is 5.46 Å². The summed E-state index contributed by atoms with van der Waals surface area (Å²) in [5.74, 6) is -1.62. The molecule has 1 heterocycles. The zero-order valence-electron chi connectivity index (χ0n) is 13.6. The summed E-state index contributed by atoms with van der Waals surface area (Å²) < 4.78 is 39.6. The van der Waals surface area contributed by atoms with Gasteiger partial charge < -0.3 is 9.31 Å². The maximum Gasteiger partial charge on any atom is 0.493 e. The molecule has 1 saturated heterocycles. The molecule has 3 nitrogen and oxygen atoms in total. The number of allylic oxidation sites excluding steroid dienone is 4. The molecule has 1 aromatic rings. The van der Waals surface area contributed by atoms with Crippen molar-refractivity contribution in [3.63, 3.8) is 0 Å². The molecular weight excluding hydrogens is 311 g/mol. The minimum Gasteiger partial charge on any atom is -0.407 e. The van der Waals surface area contributed by atoms with Crippen LogP contribution in [0.2, 0.25) is 0 Å². The van der Waals surface area contributed by atoms with Crippen LogP contribution in [-0.2, 0) is 9.31 Å². The molecule has 0 bridgehead atoms. The third kappa shape index (κ3) is 3.28. The zero-order valence-corrected chi connectivity index (χ0v) is 13.6. The average molecular weight is 329 g/mol. The summed E-state index contributed by atoms with van der Waals surface area (Å²) >= 11 is 0. The molecule has 6 heteroatoms. The van der Waals surface area contributed by atoms with Crippen LogP contribution in [0, 0.1) is 16.7 Å². The van der Waals surface area contributed by atoms with Crippen molar-refractivity contribution in [2.24, 2.45) is 5.41 Å². The Morgan fingerprint density at radius 2 is 2.00 bits per heavy atom. The number of rotatable bonds is 2. The molecule has 1 aliphatic carbocycles. The van der Waals surface area contributed by atoms with Gasteiger partial charge in [0.25, 0.3) is 0 Å². The van der Waals surface area contributed by atoms with Gasteiger partial charge in [-0.3, -0.25) is 0 Å². The number of hydrogen-bond donors (Lipinski definition) is 0. The van der Waals surface area contributed by atoms with Gasteiger partial charge in [0.1, 0.15) is 11.9 Å². The second kappa shape index (κ2) is 6.16. The lowest BCUT2D eigenvalue weighted by atomic mass is 9.73. The predicted molar refractivity (Wildman–Crippen MR) is 88.0 cm³/mol. The highest BCUT2D eigenvalue weighted by atomic mass is 19.1. The molecule has 2 atom stereocenters. The molecule has 0 saturated carbocycles. The Morgan fingerprint density at radius 3 is 2.67 bits per heavy atom. The Bertz CT molecular complexity index is 731. The first-order chi connectivity index (χ1) is 11.3. The van der Waals surface area contributed by atoms with Gasteiger partial charge in [0.15, 0.2) is 0 Å². The van der Waals surface area contributed by atoms with E-state index in [2.05, 4.69) is 13.8 Å². The first kappa shape index (κ1) is 16.9. The van der Waals surface area contributed by atoms with E-state index in [1.54, 1.807) is 24.3 Å². The average Bonchev–Trinajstić information content (AvgIpc) is 2.55. The van der Waals surface area contributed by atoms with Crippen LogP contribution in [0.1, 0.15) is 25.3 Å². The standard InChI is InChI=1S/C18H18BF2NO2/c1-17(2)11-23-19(24-12-17)14-5-3-4-13(8-14)16-7-6-15(20)9-18(16,21)10-22/h3-9,16H,11-12H2,1-2H3. The summed E-state index contributed by atoms with van der Waals surface area (Å²) in [7, 11) is -0.520. The normalized spacial score (nSPS) is 29.0.